The highest BCUT2D eigenvalue weighted by atomic mass is 32.1. The molecule has 0 aromatic rings. The topological polar surface area (TPSA) is 12.0 Å². The van der Waals surface area contributed by atoms with Gasteiger partial charge in [0, 0.05) is 12.5 Å². The van der Waals surface area contributed by atoms with Crippen molar-refractivity contribution < 1.29 is 0 Å². The van der Waals surface area contributed by atoms with Crippen LogP contribution >= 0.6 is 12.2 Å². The Morgan fingerprint density at radius 3 is 3.11 bits per heavy atom. The molecule has 0 bridgehead atoms. The Morgan fingerprint density at radius 2 is 2.33 bits per heavy atom. The summed E-state index contributed by atoms with van der Waals surface area (Å²) in [6.45, 7) is 0. The second kappa shape index (κ2) is 1.94. The van der Waals surface area contributed by atoms with Gasteiger partial charge in [-0.05, 0) is 18.8 Å². The van der Waals surface area contributed by atoms with Crippen molar-refractivity contribution in [2.45, 2.75) is 31.7 Å². The molecule has 1 heterocycles. The third-order valence-corrected chi connectivity index (χ3v) is 2.74. The van der Waals surface area contributed by atoms with Crippen LogP contribution in [0.4, 0.5) is 0 Å². The van der Waals surface area contributed by atoms with Crippen molar-refractivity contribution in [3.05, 3.63) is 0 Å². The summed E-state index contributed by atoms with van der Waals surface area (Å²) >= 11 is 5.06. The Labute approximate surface area is 60.8 Å². The van der Waals surface area contributed by atoms with E-state index < -0.39 is 0 Å². The van der Waals surface area contributed by atoms with Crippen LogP contribution in [-0.2, 0) is 0 Å². The summed E-state index contributed by atoms with van der Waals surface area (Å²) in [7, 11) is 0. The summed E-state index contributed by atoms with van der Waals surface area (Å²) in [5.74, 6) is 0.900. The minimum atomic E-state index is 0.762. The van der Waals surface area contributed by atoms with Gasteiger partial charge in [-0.1, -0.05) is 18.6 Å². The van der Waals surface area contributed by atoms with Gasteiger partial charge in [0.05, 0.1) is 4.99 Å². The molecule has 0 aromatic heterocycles. The molecular weight excluding hydrogens is 130 g/mol. The zero-order valence-corrected chi connectivity index (χ0v) is 6.21. The van der Waals surface area contributed by atoms with E-state index in [1.165, 1.54) is 25.7 Å². The largest absolute Gasteiger partial charge is 0.377 e. The van der Waals surface area contributed by atoms with E-state index in [0.29, 0.717) is 0 Å². The van der Waals surface area contributed by atoms with Gasteiger partial charge in [0.15, 0.2) is 0 Å². The van der Waals surface area contributed by atoms with Gasteiger partial charge in [0.2, 0.25) is 0 Å². The van der Waals surface area contributed by atoms with E-state index in [1.54, 1.807) is 0 Å². The van der Waals surface area contributed by atoms with Gasteiger partial charge in [-0.15, -0.1) is 0 Å². The highest BCUT2D eigenvalue weighted by Gasteiger charge is 2.33. The van der Waals surface area contributed by atoms with Crippen LogP contribution in [0.1, 0.15) is 25.7 Å². The molecule has 50 valence electrons. The van der Waals surface area contributed by atoms with Crippen LogP contribution in [0.15, 0.2) is 0 Å². The third-order valence-electron chi connectivity index (χ3n) is 2.45. The SMILES string of the molecule is S=C1CC2CCCC2N1. The maximum atomic E-state index is 5.06. The number of rotatable bonds is 0. The lowest BCUT2D eigenvalue weighted by molar-refractivity contribution is 0.519. The number of nitrogens with one attached hydrogen (secondary N) is 1. The minimum absolute atomic E-state index is 0.762. The smallest absolute Gasteiger partial charge is 0.0759 e. The van der Waals surface area contributed by atoms with Crippen molar-refractivity contribution in [2.75, 3.05) is 0 Å². The van der Waals surface area contributed by atoms with Crippen LogP contribution in [0.25, 0.3) is 0 Å². The van der Waals surface area contributed by atoms with Crippen molar-refractivity contribution in [3.8, 4) is 0 Å². The molecule has 1 aliphatic carbocycles. The van der Waals surface area contributed by atoms with Gasteiger partial charge in [-0.3, -0.25) is 0 Å². The fourth-order valence-corrected chi connectivity index (χ4v) is 2.34. The molecule has 2 unspecified atom stereocenters. The molecular formula is C7H11NS. The molecule has 1 aliphatic heterocycles. The van der Waals surface area contributed by atoms with Crippen LogP contribution in [0.2, 0.25) is 0 Å². The molecule has 2 atom stereocenters. The molecule has 2 aliphatic rings. The van der Waals surface area contributed by atoms with Crippen molar-refractivity contribution in [2.24, 2.45) is 5.92 Å². The molecule has 9 heavy (non-hydrogen) atoms. The highest BCUT2D eigenvalue weighted by Crippen LogP contribution is 2.32. The first-order chi connectivity index (χ1) is 4.36. The van der Waals surface area contributed by atoms with Crippen LogP contribution in [0.5, 0.6) is 0 Å². The van der Waals surface area contributed by atoms with E-state index in [4.69, 9.17) is 12.2 Å². The molecule has 2 fully saturated rings. The van der Waals surface area contributed by atoms with E-state index in [-0.39, 0.29) is 0 Å². The first-order valence-electron chi connectivity index (χ1n) is 3.65. The fraction of sp³-hybridized carbons (Fsp3) is 0.857. The Balaban J connectivity index is 2.09. The maximum Gasteiger partial charge on any atom is 0.0759 e. The zero-order chi connectivity index (χ0) is 6.27. The molecule has 0 amide bonds. The Hall–Kier alpha value is -0.110. The Bertz CT molecular complexity index is 130. The van der Waals surface area contributed by atoms with E-state index in [0.717, 1.165) is 16.9 Å². The normalized spacial score (nSPS) is 40.7. The lowest BCUT2D eigenvalue weighted by Crippen LogP contribution is -2.24. The summed E-state index contributed by atoms with van der Waals surface area (Å²) in [5, 5.41) is 3.35. The molecule has 1 saturated heterocycles. The molecule has 1 N–H and O–H groups in total. The van der Waals surface area contributed by atoms with Gasteiger partial charge >= 0.3 is 0 Å². The monoisotopic (exact) mass is 141 g/mol. The average Bonchev–Trinajstić information content (AvgIpc) is 2.22. The van der Waals surface area contributed by atoms with E-state index >= 15 is 0 Å². The van der Waals surface area contributed by atoms with Crippen LogP contribution < -0.4 is 5.32 Å². The number of hydrogen-bond acceptors (Lipinski definition) is 1. The molecule has 0 aromatic carbocycles. The summed E-state index contributed by atoms with van der Waals surface area (Å²) < 4.78 is 0. The first-order valence-corrected chi connectivity index (χ1v) is 4.06. The van der Waals surface area contributed by atoms with Gasteiger partial charge in [0.1, 0.15) is 0 Å². The first kappa shape index (κ1) is 5.66. The van der Waals surface area contributed by atoms with Gasteiger partial charge in [-0.2, -0.15) is 0 Å². The molecule has 0 radical (unpaired) electrons. The average molecular weight is 141 g/mol. The van der Waals surface area contributed by atoms with Crippen molar-refractivity contribution in [1.29, 1.82) is 0 Å². The van der Waals surface area contributed by atoms with Crippen molar-refractivity contribution in [3.63, 3.8) is 0 Å². The molecule has 2 rings (SSSR count). The summed E-state index contributed by atoms with van der Waals surface area (Å²) in [5.41, 5.74) is 0. The van der Waals surface area contributed by atoms with Gasteiger partial charge < -0.3 is 5.32 Å². The van der Waals surface area contributed by atoms with E-state index in [1.807, 2.05) is 0 Å². The molecule has 0 spiro atoms. The van der Waals surface area contributed by atoms with E-state index in [9.17, 15) is 0 Å². The van der Waals surface area contributed by atoms with Crippen molar-refractivity contribution >= 4 is 17.2 Å². The zero-order valence-electron chi connectivity index (χ0n) is 5.39. The second-order valence-corrected chi connectivity index (χ2v) is 3.56. The number of hydrogen-bond donors (Lipinski definition) is 1. The van der Waals surface area contributed by atoms with Crippen LogP contribution in [-0.4, -0.2) is 11.0 Å². The molecule has 2 heteroatoms. The predicted molar refractivity (Wildman–Crippen MR) is 41.5 cm³/mol. The standard InChI is InChI=1S/C7H11NS/c9-7-4-5-2-1-3-6(5)8-7/h5-6H,1-4H2,(H,8,9). The lowest BCUT2D eigenvalue weighted by Gasteiger charge is -2.05. The summed E-state index contributed by atoms with van der Waals surface area (Å²) in [4.78, 5) is 1.10. The van der Waals surface area contributed by atoms with Gasteiger partial charge in [0.25, 0.3) is 0 Å². The maximum absolute atomic E-state index is 5.06. The molecule has 1 saturated carbocycles. The van der Waals surface area contributed by atoms with Gasteiger partial charge in [-0.25, -0.2) is 0 Å². The van der Waals surface area contributed by atoms with E-state index in [2.05, 4.69) is 5.32 Å². The molecule has 1 nitrogen and oxygen atoms in total. The minimum Gasteiger partial charge on any atom is -0.377 e. The second-order valence-electron chi connectivity index (χ2n) is 3.07. The number of thiocarbonyl (C=S) groups is 1. The van der Waals surface area contributed by atoms with Crippen LogP contribution in [0.3, 0.4) is 0 Å². The third kappa shape index (κ3) is 0.855. The number of fused-ring (bicyclic) bond motifs is 1. The van der Waals surface area contributed by atoms with Crippen molar-refractivity contribution in [1.82, 2.24) is 5.32 Å². The summed E-state index contributed by atoms with van der Waals surface area (Å²) in [6, 6.07) is 0.762. The Morgan fingerprint density at radius 1 is 1.44 bits per heavy atom. The Kier molecular flexibility index (Phi) is 1.22. The summed E-state index contributed by atoms with van der Waals surface area (Å²) in [6.07, 6.45) is 5.33. The fourth-order valence-electron chi connectivity index (χ4n) is 1.98. The highest BCUT2D eigenvalue weighted by molar-refractivity contribution is 7.80. The quantitative estimate of drug-likeness (QED) is 0.513. The lowest BCUT2D eigenvalue weighted by atomic mass is 10.1. The predicted octanol–water partition coefficient (Wildman–Crippen LogP) is 1.48. The van der Waals surface area contributed by atoms with Crippen LogP contribution in [0, 0.1) is 5.92 Å².